The van der Waals surface area contributed by atoms with Gasteiger partial charge in [0, 0.05) is 12.1 Å². The average molecular weight is 402 g/mol. The molecule has 146 valence electrons. The minimum absolute atomic E-state index is 0.326. The summed E-state index contributed by atoms with van der Waals surface area (Å²) in [5.41, 5.74) is 5.58. The zero-order valence-corrected chi connectivity index (χ0v) is 17.4. The van der Waals surface area contributed by atoms with E-state index in [9.17, 15) is 4.79 Å². The molecule has 0 fully saturated rings. The fourth-order valence-corrected chi connectivity index (χ4v) is 2.43. The molecule has 6 nitrogen and oxygen atoms in total. The van der Waals surface area contributed by atoms with Crippen LogP contribution in [0.15, 0.2) is 12.1 Å². The van der Waals surface area contributed by atoms with Crippen LogP contribution in [0.2, 0.25) is 5.02 Å². The van der Waals surface area contributed by atoms with E-state index in [0.29, 0.717) is 46.3 Å². The lowest BCUT2D eigenvalue weighted by Crippen LogP contribution is -2.47. The van der Waals surface area contributed by atoms with E-state index in [-0.39, 0.29) is 5.91 Å². The first-order chi connectivity index (χ1) is 12.4. The second-order valence-corrected chi connectivity index (χ2v) is 6.90. The van der Waals surface area contributed by atoms with Gasteiger partial charge in [0.2, 0.25) is 0 Å². The lowest BCUT2D eigenvalue weighted by molar-refractivity contribution is 0.0943. The number of halogens is 1. The molecule has 1 rings (SSSR count). The number of rotatable bonds is 9. The molecule has 1 aromatic carbocycles. The Balaban J connectivity index is 2.72. The highest BCUT2D eigenvalue weighted by Crippen LogP contribution is 2.36. The molecule has 0 radical (unpaired) electrons. The van der Waals surface area contributed by atoms with Crippen LogP contribution < -0.4 is 25.6 Å². The number of nitrogens with one attached hydrogen (secondary N) is 3. The Bertz CT molecular complexity index is 612. The fourth-order valence-electron chi connectivity index (χ4n) is 2.01. The molecule has 0 aliphatic rings. The summed E-state index contributed by atoms with van der Waals surface area (Å²) in [4.78, 5) is 12.3. The molecule has 0 heterocycles. The third-order valence-electron chi connectivity index (χ3n) is 3.32. The summed E-state index contributed by atoms with van der Waals surface area (Å²) >= 11 is 11.4. The lowest BCUT2D eigenvalue weighted by atomic mass is 10.1. The van der Waals surface area contributed by atoms with Gasteiger partial charge in [-0.05, 0) is 50.0 Å². The van der Waals surface area contributed by atoms with Gasteiger partial charge in [-0.2, -0.15) is 0 Å². The highest BCUT2D eigenvalue weighted by atomic mass is 35.5. The van der Waals surface area contributed by atoms with E-state index in [0.717, 1.165) is 19.4 Å². The van der Waals surface area contributed by atoms with E-state index < -0.39 is 0 Å². The van der Waals surface area contributed by atoms with Crippen LogP contribution in [0.3, 0.4) is 0 Å². The minimum Gasteiger partial charge on any atom is -0.490 e. The van der Waals surface area contributed by atoms with Crippen LogP contribution in [0.5, 0.6) is 11.5 Å². The number of hydrogen-bond acceptors (Lipinski definition) is 4. The fraction of sp³-hybridized carbons (Fsp3) is 0.556. The van der Waals surface area contributed by atoms with Crippen molar-refractivity contribution in [3.63, 3.8) is 0 Å². The summed E-state index contributed by atoms with van der Waals surface area (Å²) in [5, 5.41) is 3.72. The number of benzene rings is 1. The van der Waals surface area contributed by atoms with Crippen molar-refractivity contribution in [2.24, 2.45) is 5.92 Å². The maximum Gasteiger partial charge on any atom is 0.269 e. The Kier molecular flexibility index (Phi) is 10.1. The van der Waals surface area contributed by atoms with Gasteiger partial charge in [-0.3, -0.25) is 15.6 Å². The van der Waals surface area contributed by atoms with E-state index in [1.54, 1.807) is 12.1 Å². The van der Waals surface area contributed by atoms with E-state index >= 15 is 0 Å². The van der Waals surface area contributed by atoms with Crippen LogP contribution in [-0.2, 0) is 0 Å². The first kappa shape index (κ1) is 22.3. The van der Waals surface area contributed by atoms with Crippen molar-refractivity contribution in [3.8, 4) is 11.5 Å². The van der Waals surface area contributed by atoms with Crippen LogP contribution in [0.1, 0.15) is 50.9 Å². The molecule has 1 amide bonds. The van der Waals surface area contributed by atoms with Gasteiger partial charge < -0.3 is 14.8 Å². The van der Waals surface area contributed by atoms with Gasteiger partial charge in [-0.25, -0.2) is 0 Å². The van der Waals surface area contributed by atoms with Crippen LogP contribution in [0.4, 0.5) is 0 Å². The number of thiocarbonyl (C=S) groups is 1. The van der Waals surface area contributed by atoms with Gasteiger partial charge in [-0.15, -0.1) is 0 Å². The van der Waals surface area contributed by atoms with Crippen LogP contribution in [-0.4, -0.2) is 30.8 Å². The standard InChI is InChI=1S/C18H28ClN3O3S/c1-5-9-25-16-14(19)10-13(11-15(16)24-6-2)17(23)21-22-18(26)20-8-7-12(3)4/h10-12H,5-9H2,1-4H3,(H,21,23)(H2,20,22,26). The Morgan fingerprint density at radius 1 is 1.23 bits per heavy atom. The molecular formula is C18H28ClN3O3S. The number of hydrazine groups is 1. The SMILES string of the molecule is CCCOc1c(Cl)cc(C(=O)NNC(=S)NCCC(C)C)cc1OCC. The first-order valence-corrected chi connectivity index (χ1v) is 9.60. The molecule has 8 heteroatoms. The number of hydrogen-bond donors (Lipinski definition) is 3. The van der Waals surface area contributed by atoms with Crippen molar-refractivity contribution >= 4 is 34.8 Å². The van der Waals surface area contributed by atoms with Gasteiger partial charge >= 0.3 is 0 Å². The van der Waals surface area contributed by atoms with Crippen molar-refractivity contribution in [2.75, 3.05) is 19.8 Å². The predicted molar refractivity (Wildman–Crippen MR) is 109 cm³/mol. The maximum atomic E-state index is 12.3. The molecule has 0 saturated heterocycles. The highest BCUT2D eigenvalue weighted by molar-refractivity contribution is 7.80. The molecule has 0 saturated carbocycles. The van der Waals surface area contributed by atoms with Gasteiger partial charge in [0.15, 0.2) is 16.6 Å². The van der Waals surface area contributed by atoms with Gasteiger partial charge in [-0.1, -0.05) is 32.4 Å². The molecule has 26 heavy (non-hydrogen) atoms. The molecule has 0 bridgehead atoms. The van der Waals surface area contributed by atoms with Crippen molar-refractivity contribution in [1.82, 2.24) is 16.2 Å². The van der Waals surface area contributed by atoms with E-state index in [2.05, 4.69) is 30.0 Å². The van der Waals surface area contributed by atoms with Crippen molar-refractivity contribution in [3.05, 3.63) is 22.7 Å². The van der Waals surface area contributed by atoms with E-state index in [1.165, 1.54) is 0 Å². The first-order valence-electron chi connectivity index (χ1n) is 8.82. The van der Waals surface area contributed by atoms with Gasteiger partial charge in [0.1, 0.15) is 0 Å². The molecule has 0 spiro atoms. The smallest absolute Gasteiger partial charge is 0.269 e. The molecule has 3 N–H and O–H groups in total. The molecule has 0 atom stereocenters. The summed E-state index contributed by atoms with van der Waals surface area (Å²) in [6.45, 7) is 9.81. The van der Waals surface area contributed by atoms with Crippen molar-refractivity contribution in [2.45, 2.75) is 40.5 Å². The topological polar surface area (TPSA) is 71.6 Å². The molecule has 1 aromatic rings. The number of carbonyl (C=O) groups excluding carboxylic acids is 1. The number of ether oxygens (including phenoxy) is 2. The Hall–Kier alpha value is -1.73. The predicted octanol–water partition coefficient (Wildman–Crippen LogP) is 3.68. The average Bonchev–Trinajstić information content (AvgIpc) is 2.58. The maximum absolute atomic E-state index is 12.3. The highest BCUT2D eigenvalue weighted by Gasteiger charge is 2.16. The van der Waals surface area contributed by atoms with Crippen LogP contribution in [0.25, 0.3) is 0 Å². The normalized spacial score (nSPS) is 10.4. The summed E-state index contributed by atoms with van der Waals surface area (Å²) in [6, 6.07) is 3.15. The number of carbonyl (C=O) groups is 1. The third kappa shape index (κ3) is 7.66. The molecular weight excluding hydrogens is 374 g/mol. The van der Waals surface area contributed by atoms with Crippen molar-refractivity contribution in [1.29, 1.82) is 0 Å². The zero-order chi connectivity index (χ0) is 19.5. The second kappa shape index (κ2) is 11.8. The quantitative estimate of drug-likeness (QED) is 0.433. The largest absolute Gasteiger partial charge is 0.490 e. The second-order valence-electron chi connectivity index (χ2n) is 6.08. The molecule has 0 aliphatic heterocycles. The summed E-state index contributed by atoms with van der Waals surface area (Å²) in [6.07, 6.45) is 1.83. The van der Waals surface area contributed by atoms with Gasteiger partial charge in [0.25, 0.3) is 5.91 Å². The molecule has 0 unspecified atom stereocenters. The van der Waals surface area contributed by atoms with Crippen LogP contribution >= 0.6 is 23.8 Å². The van der Waals surface area contributed by atoms with Crippen molar-refractivity contribution < 1.29 is 14.3 Å². The third-order valence-corrected chi connectivity index (χ3v) is 3.85. The summed E-state index contributed by atoms with van der Waals surface area (Å²) < 4.78 is 11.2. The summed E-state index contributed by atoms with van der Waals surface area (Å²) in [7, 11) is 0. The molecule has 0 aromatic heterocycles. The zero-order valence-electron chi connectivity index (χ0n) is 15.8. The Morgan fingerprint density at radius 3 is 2.58 bits per heavy atom. The lowest BCUT2D eigenvalue weighted by Gasteiger charge is -2.16. The monoisotopic (exact) mass is 401 g/mol. The summed E-state index contributed by atoms with van der Waals surface area (Å²) in [5.74, 6) is 1.09. The van der Waals surface area contributed by atoms with E-state index in [4.69, 9.17) is 33.3 Å². The van der Waals surface area contributed by atoms with E-state index in [1.807, 2.05) is 13.8 Å². The molecule has 0 aliphatic carbocycles. The van der Waals surface area contributed by atoms with Crippen LogP contribution in [0, 0.1) is 5.92 Å². The van der Waals surface area contributed by atoms with Gasteiger partial charge in [0.05, 0.1) is 18.2 Å². The Morgan fingerprint density at radius 2 is 1.96 bits per heavy atom. The Labute approximate surface area is 165 Å². The minimum atomic E-state index is -0.372. The number of amides is 1.